The fourth-order valence-electron chi connectivity index (χ4n) is 1.15. The lowest BCUT2D eigenvalue weighted by atomic mass is 10.0. The van der Waals surface area contributed by atoms with E-state index in [0.29, 0.717) is 0 Å². The van der Waals surface area contributed by atoms with Crippen LogP contribution in [0.25, 0.3) is 0 Å². The van der Waals surface area contributed by atoms with Crippen LogP contribution >= 0.6 is 0 Å². The second-order valence-electron chi connectivity index (χ2n) is 3.02. The molecule has 1 unspecified atom stereocenters. The van der Waals surface area contributed by atoms with Gasteiger partial charge in [-0.15, -0.1) is 0 Å². The highest BCUT2D eigenvalue weighted by atomic mass is 16.2. The number of carbonyl (C=O) groups excluding carboxylic acids is 3. The molecule has 0 saturated carbocycles. The molecule has 15 heavy (non-hydrogen) atoms. The van der Waals surface area contributed by atoms with Gasteiger partial charge in [-0.2, -0.15) is 0 Å². The lowest BCUT2D eigenvalue weighted by Crippen LogP contribution is -2.35. The smallest absolute Gasteiger partial charge is 0.263 e. The number of hydrogen-bond acceptors (Lipinski definition) is 4. The number of dihydropyridines is 1. The average molecular weight is 210 g/mol. The molecule has 1 heterocycles. The highest BCUT2D eigenvalue weighted by Gasteiger charge is 2.24. The summed E-state index contributed by atoms with van der Waals surface area (Å²) in [5.74, 6) is -2.30. The van der Waals surface area contributed by atoms with Crippen molar-refractivity contribution in [1.29, 1.82) is 0 Å². The molecular formula is C8H10N4O3. The Morgan fingerprint density at radius 3 is 2.20 bits per heavy atom. The third-order valence-electron chi connectivity index (χ3n) is 1.90. The van der Waals surface area contributed by atoms with Crippen molar-refractivity contribution in [3.05, 3.63) is 11.6 Å². The maximum atomic E-state index is 10.9. The number of nitrogens with two attached hydrogens (primary N) is 3. The minimum atomic E-state index is -1.05. The SMILES string of the molecule is NC(=O)C1=CC(C(N)=O)N=C(C(N)=O)C1. The maximum Gasteiger partial charge on any atom is 0.263 e. The predicted molar refractivity (Wildman–Crippen MR) is 51.5 cm³/mol. The first kappa shape index (κ1) is 10.9. The van der Waals surface area contributed by atoms with E-state index in [1.54, 1.807) is 0 Å². The summed E-state index contributed by atoms with van der Waals surface area (Å²) < 4.78 is 0. The van der Waals surface area contributed by atoms with Crippen molar-refractivity contribution in [2.75, 3.05) is 0 Å². The molecule has 7 heteroatoms. The van der Waals surface area contributed by atoms with Gasteiger partial charge in [0.1, 0.15) is 11.8 Å². The molecule has 1 rings (SSSR count). The number of nitrogens with zero attached hydrogens (tertiary/aromatic N) is 1. The number of aliphatic imine (C=N–C) groups is 1. The number of hydrogen-bond donors (Lipinski definition) is 3. The highest BCUT2D eigenvalue weighted by molar-refractivity contribution is 6.40. The Morgan fingerprint density at radius 1 is 1.20 bits per heavy atom. The van der Waals surface area contributed by atoms with E-state index in [1.165, 1.54) is 6.08 Å². The summed E-state index contributed by atoms with van der Waals surface area (Å²) in [5.41, 5.74) is 15.1. The summed E-state index contributed by atoms with van der Waals surface area (Å²) in [4.78, 5) is 36.3. The molecular weight excluding hydrogens is 200 g/mol. The molecule has 1 aliphatic heterocycles. The summed E-state index contributed by atoms with van der Waals surface area (Å²) in [6, 6.07) is -1.05. The van der Waals surface area contributed by atoms with Gasteiger partial charge >= 0.3 is 0 Å². The molecule has 0 saturated heterocycles. The Bertz CT molecular complexity index is 367. The van der Waals surface area contributed by atoms with E-state index in [9.17, 15) is 14.4 Å². The zero-order valence-corrected chi connectivity index (χ0v) is 7.77. The lowest BCUT2D eigenvalue weighted by Gasteiger charge is -2.14. The molecule has 6 N–H and O–H groups in total. The number of rotatable bonds is 3. The van der Waals surface area contributed by atoms with Gasteiger partial charge in [-0.05, 0) is 6.08 Å². The first-order valence-corrected chi connectivity index (χ1v) is 4.08. The van der Waals surface area contributed by atoms with Gasteiger partial charge in [-0.3, -0.25) is 19.4 Å². The second kappa shape index (κ2) is 3.91. The van der Waals surface area contributed by atoms with Crippen LogP contribution in [0.1, 0.15) is 6.42 Å². The van der Waals surface area contributed by atoms with E-state index in [0.717, 1.165) is 0 Å². The van der Waals surface area contributed by atoms with Gasteiger partial charge < -0.3 is 17.2 Å². The molecule has 0 aromatic rings. The number of amides is 3. The lowest BCUT2D eigenvalue weighted by molar-refractivity contribution is -0.118. The second-order valence-corrected chi connectivity index (χ2v) is 3.02. The van der Waals surface area contributed by atoms with Gasteiger partial charge in [0.15, 0.2) is 0 Å². The molecule has 0 bridgehead atoms. The first-order valence-electron chi connectivity index (χ1n) is 4.08. The van der Waals surface area contributed by atoms with Crippen LogP contribution in [0.4, 0.5) is 0 Å². The van der Waals surface area contributed by atoms with Crippen molar-refractivity contribution in [2.24, 2.45) is 22.2 Å². The van der Waals surface area contributed by atoms with Crippen LogP contribution in [0.3, 0.4) is 0 Å². The molecule has 7 nitrogen and oxygen atoms in total. The summed E-state index contributed by atoms with van der Waals surface area (Å²) in [6.45, 7) is 0. The van der Waals surface area contributed by atoms with Crippen LogP contribution < -0.4 is 17.2 Å². The molecule has 1 aliphatic rings. The van der Waals surface area contributed by atoms with Gasteiger partial charge in [-0.25, -0.2) is 0 Å². The minimum Gasteiger partial charge on any atom is -0.368 e. The highest BCUT2D eigenvalue weighted by Crippen LogP contribution is 2.13. The van der Waals surface area contributed by atoms with E-state index in [1.807, 2.05) is 0 Å². The standard InChI is InChI=1S/C8H10N4O3/c9-6(13)3-1-4(7(10)14)12-5(2-3)8(11)15/h1,4H,2H2,(H2,9,13)(H2,10,14)(H2,11,15). The Kier molecular flexibility index (Phi) is 2.84. The molecule has 0 radical (unpaired) electrons. The Balaban J connectivity index is 3.05. The average Bonchev–Trinajstić information content (AvgIpc) is 2.16. The summed E-state index contributed by atoms with van der Waals surface area (Å²) in [5, 5.41) is 0. The number of carbonyl (C=O) groups is 3. The summed E-state index contributed by atoms with van der Waals surface area (Å²) in [6.07, 6.45) is 1.17. The largest absolute Gasteiger partial charge is 0.368 e. The summed E-state index contributed by atoms with van der Waals surface area (Å²) >= 11 is 0. The van der Waals surface area contributed by atoms with Gasteiger partial charge in [-0.1, -0.05) is 0 Å². The van der Waals surface area contributed by atoms with Gasteiger partial charge in [0, 0.05) is 12.0 Å². The monoisotopic (exact) mass is 210 g/mol. The summed E-state index contributed by atoms with van der Waals surface area (Å²) in [7, 11) is 0. The van der Waals surface area contributed by atoms with E-state index < -0.39 is 23.8 Å². The molecule has 3 amide bonds. The van der Waals surface area contributed by atoms with Crippen molar-refractivity contribution in [2.45, 2.75) is 12.5 Å². The van der Waals surface area contributed by atoms with Crippen LogP contribution in [0.15, 0.2) is 16.6 Å². The van der Waals surface area contributed by atoms with Crippen molar-refractivity contribution in [3.63, 3.8) is 0 Å². The van der Waals surface area contributed by atoms with Crippen LogP contribution in [0.2, 0.25) is 0 Å². The molecule has 1 atom stereocenters. The Hall–Kier alpha value is -2.18. The molecule has 0 aromatic heterocycles. The van der Waals surface area contributed by atoms with Gasteiger partial charge in [0.05, 0.1) is 0 Å². The predicted octanol–water partition coefficient (Wildman–Crippen LogP) is -2.42. The zero-order valence-electron chi connectivity index (χ0n) is 7.77. The first-order chi connectivity index (χ1) is 6.91. The molecule has 0 aromatic carbocycles. The van der Waals surface area contributed by atoms with Crippen molar-refractivity contribution < 1.29 is 14.4 Å². The number of primary amides is 3. The fourth-order valence-corrected chi connectivity index (χ4v) is 1.15. The van der Waals surface area contributed by atoms with Crippen LogP contribution in [0.5, 0.6) is 0 Å². The fraction of sp³-hybridized carbons (Fsp3) is 0.250. The van der Waals surface area contributed by atoms with E-state index in [2.05, 4.69) is 4.99 Å². The van der Waals surface area contributed by atoms with Crippen LogP contribution in [-0.2, 0) is 14.4 Å². The van der Waals surface area contributed by atoms with E-state index in [4.69, 9.17) is 17.2 Å². The third kappa shape index (κ3) is 2.39. The Morgan fingerprint density at radius 2 is 1.80 bits per heavy atom. The molecule has 0 aliphatic carbocycles. The topological polar surface area (TPSA) is 142 Å². The quantitative estimate of drug-likeness (QED) is 0.477. The van der Waals surface area contributed by atoms with Crippen molar-refractivity contribution in [3.8, 4) is 0 Å². The normalized spacial score (nSPS) is 20.1. The van der Waals surface area contributed by atoms with Gasteiger partial charge in [0.2, 0.25) is 11.8 Å². The van der Waals surface area contributed by atoms with Crippen molar-refractivity contribution in [1.82, 2.24) is 0 Å². The van der Waals surface area contributed by atoms with Crippen LogP contribution in [0, 0.1) is 0 Å². The third-order valence-corrected chi connectivity index (χ3v) is 1.90. The maximum absolute atomic E-state index is 10.9. The Labute approximate surface area is 85.0 Å². The molecule has 80 valence electrons. The minimum absolute atomic E-state index is 0.0611. The molecule has 0 spiro atoms. The van der Waals surface area contributed by atoms with Gasteiger partial charge in [0.25, 0.3) is 5.91 Å². The van der Waals surface area contributed by atoms with E-state index in [-0.39, 0.29) is 17.7 Å². The van der Waals surface area contributed by atoms with Crippen LogP contribution in [-0.4, -0.2) is 29.5 Å². The van der Waals surface area contributed by atoms with E-state index >= 15 is 0 Å². The molecule has 0 fully saturated rings. The zero-order chi connectivity index (χ0) is 11.6. The van der Waals surface area contributed by atoms with Crippen molar-refractivity contribution >= 4 is 23.4 Å².